The van der Waals surface area contributed by atoms with E-state index >= 15 is 0 Å². The number of rotatable bonds is 5. The minimum Gasteiger partial charge on any atom is -0.355 e. The van der Waals surface area contributed by atoms with Crippen molar-refractivity contribution in [3.05, 3.63) is 54.1 Å². The van der Waals surface area contributed by atoms with Crippen LogP contribution in [0.3, 0.4) is 0 Å². The number of carbonyl (C=O) groups is 1. The van der Waals surface area contributed by atoms with Crippen molar-refractivity contribution in [1.29, 1.82) is 0 Å². The number of piperidine rings is 1. The van der Waals surface area contributed by atoms with Crippen molar-refractivity contribution in [3.8, 4) is 11.3 Å². The van der Waals surface area contributed by atoms with Crippen LogP contribution in [0.1, 0.15) is 48.9 Å². The summed E-state index contributed by atoms with van der Waals surface area (Å²) in [5.41, 5.74) is 2.40. The Balaban J connectivity index is 1.23. The van der Waals surface area contributed by atoms with Crippen molar-refractivity contribution >= 4 is 16.8 Å². The van der Waals surface area contributed by atoms with Crippen LogP contribution >= 0.6 is 0 Å². The summed E-state index contributed by atoms with van der Waals surface area (Å²) in [4.78, 5) is 15.5. The SMILES string of the molecule is O=C(NC1CCN(CC2CCCC2)CC1)c1ccc2noc(-c3ccccc3)c2c1. The topological polar surface area (TPSA) is 58.4 Å². The molecule has 5 nitrogen and oxygen atoms in total. The van der Waals surface area contributed by atoms with E-state index in [-0.39, 0.29) is 11.9 Å². The average Bonchev–Trinajstić information content (AvgIpc) is 3.45. The van der Waals surface area contributed by atoms with Crippen molar-refractivity contribution in [3.63, 3.8) is 0 Å². The summed E-state index contributed by atoms with van der Waals surface area (Å²) in [6.07, 6.45) is 7.66. The van der Waals surface area contributed by atoms with Crippen molar-refractivity contribution in [1.82, 2.24) is 15.4 Å². The normalized spacial score (nSPS) is 18.8. The second kappa shape index (κ2) is 8.60. The van der Waals surface area contributed by atoms with Gasteiger partial charge in [0.15, 0.2) is 5.76 Å². The summed E-state index contributed by atoms with van der Waals surface area (Å²) in [6, 6.07) is 15.8. The van der Waals surface area contributed by atoms with Crippen LogP contribution in [0, 0.1) is 5.92 Å². The fraction of sp³-hybridized carbons (Fsp3) is 0.440. The number of benzene rings is 2. The lowest BCUT2D eigenvalue weighted by Crippen LogP contribution is -2.45. The highest BCUT2D eigenvalue weighted by atomic mass is 16.5. The zero-order valence-electron chi connectivity index (χ0n) is 17.3. The molecule has 2 aliphatic rings. The predicted octanol–water partition coefficient (Wildman–Crippen LogP) is 4.88. The maximum absolute atomic E-state index is 12.9. The molecule has 156 valence electrons. The molecule has 2 heterocycles. The van der Waals surface area contributed by atoms with Crippen LogP contribution in [0.5, 0.6) is 0 Å². The third-order valence-corrected chi connectivity index (χ3v) is 6.69. The smallest absolute Gasteiger partial charge is 0.251 e. The Hall–Kier alpha value is -2.66. The zero-order valence-corrected chi connectivity index (χ0v) is 17.3. The third-order valence-electron chi connectivity index (χ3n) is 6.69. The number of hydrogen-bond acceptors (Lipinski definition) is 4. The van der Waals surface area contributed by atoms with E-state index in [2.05, 4.69) is 15.4 Å². The Bertz CT molecular complexity index is 1000. The largest absolute Gasteiger partial charge is 0.355 e. The third kappa shape index (κ3) is 4.12. The molecule has 1 aromatic heterocycles. The molecule has 0 spiro atoms. The maximum atomic E-state index is 12.9. The summed E-state index contributed by atoms with van der Waals surface area (Å²) >= 11 is 0. The van der Waals surface area contributed by atoms with Crippen molar-refractivity contribution < 1.29 is 9.32 Å². The van der Waals surface area contributed by atoms with Crippen LogP contribution in [-0.2, 0) is 0 Å². The summed E-state index contributed by atoms with van der Waals surface area (Å²) in [6.45, 7) is 3.42. The second-order valence-electron chi connectivity index (χ2n) is 8.81. The van der Waals surface area contributed by atoms with Gasteiger partial charge in [-0.05, 0) is 49.8 Å². The minimum atomic E-state index is -0.00801. The van der Waals surface area contributed by atoms with E-state index in [4.69, 9.17) is 4.52 Å². The number of nitrogens with zero attached hydrogens (tertiary/aromatic N) is 2. The molecule has 30 heavy (non-hydrogen) atoms. The molecule has 1 aliphatic heterocycles. The van der Waals surface area contributed by atoms with Gasteiger partial charge in [0.25, 0.3) is 5.91 Å². The molecule has 5 heteroatoms. The molecule has 0 unspecified atom stereocenters. The van der Waals surface area contributed by atoms with E-state index in [1.54, 1.807) is 0 Å². The van der Waals surface area contributed by atoms with Crippen LogP contribution in [-0.4, -0.2) is 41.6 Å². The lowest BCUT2D eigenvalue weighted by Gasteiger charge is -2.33. The first-order chi connectivity index (χ1) is 14.8. The molecule has 0 atom stereocenters. The molecule has 1 saturated carbocycles. The van der Waals surface area contributed by atoms with Crippen molar-refractivity contribution in [2.24, 2.45) is 5.92 Å². The average molecular weight is 404 g/mol. The van der Waals surface area contributed by atoms with Gasteiger partial charge in [-0.3, -0.25) is 4.79 Å². The quantitative estimate of drug-likeness (QED) is 0.660. The highest BCUT2D eigenvalue weighted by Gasteiger charge is 2.24. The van der Waals surface area contributed by atoms with Crippen LogP contribution < -0.4 is 5.32 Å². The van der Waals surface area contributed by atoms with Gasteiger partial charge in [-0.1, -0.05) is 48.3 Å². The molecule has 0 bridgehead atoms. The summed E-state index contributed by atoms with van der Waals surface area (Å²) in [7, 11) is 0. The second-order valence-corrected chi connectivity index (χ2v) is 8.81. The molecule has 2 fully saturated rings. The number of nitrogens with one attached hydrogen (secondary N) is 1. The monoisotopic (exact) mass is 403 g/mol. The molecule has 3 aromatic rings. The van der Waals surface area contributed by atoms with E-state index in [0.717, 1.165) is 48.3 Å². The highest BCUT2D eigenvalue weighted by molar-refractivity contribution is 6.01. The van der Waals surface area contributed by atoms with E-state index in [1.807, 2.05) is 48.5 Å². The lowest BCUT2D eigenvalue weighted by atomic mass is 10.0. The fourth-order valence-electron chi connectivity index (χ4n) is 4.97. The first kappa shape index (κ1) is 19.3. The number of carbonyl (C=O) groups excluding carboxylic acids is 1. The van der Waals surface area contributed by atoms with Gasteiger partial charge in [0.2, 0.25) is 0 Å². The Morgan fingerprint density at radius 1 is 1.03 bits per heavy atom. The summed E-state index contributed by atoms with van der Waals surface area (Å²) < 4.78 is 5.56. The van der Waals surface area contributed by atoms with Gasteiger partial charge in [0.05, 0.1) is 5.39 Å². The van der Waals surface area contributed by atoms with E-state index in [9.17, 15) is 4.79 Å². The van der Waals surface area contributed by atoms with Crippen molar-refractivity contribution in [2.45, 2.75) is 44.6 Å². The molecule has 1 amide bonds. The first-order valence-corrected chi connectivity index (χ1v) is 11.2. The summed E-state index contributed by atoms with van der Waals surface area (Å²) in [5, 5.41) is 8.27. The van der Waals surface area contributed by atoms with Gasteiger partial charge in [0.1, 0.15) is 5.52 Å². The fourth-order valence-corrected chi connectivity index (χ4v) is 4.97. The Morgan fingerprint density at radius 2 is 1.80 bits per heavy atom. The molecule has 1 N–H and O–H groups in total. The Morgan fingerprint density at radius 3 is 2.57 bits per heavy atom. The molecule has 2 aromatic carbocycles. The molecule has 1 saturated heterocycles. The molecule has 1 aliphatic carbocycles. The maximum Gasteiger partial charge on any atom is 0.251 e. The van der Waals surface area contributed by atoms with E-state index in [1.165, 1.54) is 32.2 Å². The van der Waals surface area contributed by atoms with Crippen LogP contribution in [0.2, 0.25) is 0 Å². The summed E-state index contributed by atoms with van der Waals surface area (Å²) in [5.74, 6) is 1.59. The zero-order chi connectivity index (χ0) is 20.3. The number of fused-ring (bicyclic) bond motifs is 1. The molecule has 5 rings (SSSR count). The van der Waals surface area contributed by atoms with Crippen LogP contribution in [0.4, 0.5) is 0 Å². The van der Waals surface area contributed by atoms with E-state index in [0.29, 0.717) is 11.3 Å². The minimum absolute atomic E-state index is 0.00801. The molecular weight excluding hydrogens is 374 g/mol. The number of aromatic nitrogens is 1. The van der Waals surface area contributed by atoms with Crippen molar-refractivity contribution in [2.75, 3.05) is 19.6 Å². The van der Waals surface area contributed by atoms with E-state index < -0.39 is 0 Å². The number of likely N-dealkylation sites (tertiary alicyclic amines) is 1. The van der Waals surface area contributed by atoms with Gasteiger partial charge >= 0.3 is 0 Å². The number of amides is 1. The van der Waals surface area contributed by atoms with Crippen LogP contribution in [0.25, 0.3) is 22.2 Å². The highest BCUT2D eigenvalue weighted by Crippen LogP contribution is 2.29. The van der Waals surface area contributed by atoms with Gasteiger partial charge in [-0.2, -0.15) is 0 Å². The van der Waals surface area contributed by atoms with Gasteiger partial charge in [0, 0.05) is 36.8 Å². The Labute approximate surface area is 177 Å². The standard InChI is InChI=1S/C25H29N3O2/c29-25(26-21-12-14-28(15-13-21)17-18-6-4-5-7-18)20-10-11-23-22(16-20)24(30-27-23)19-8-2-1-3-9-19/h1-3,8-11,16,18,21H,4-7,12-15,17H2,(H,26,29). The van der Waals surface area contributed by atoms with Crippen LogP contribution in [0.15, 0.2) is 53.1 Å². The molecule has 0 radical (unpaired) electrons. The Kier molecular flexibility index (Phi) is 5.54. The van der Waals surface area contributed by atoms with Gasteiger partial charge in [-0.15, -0.1) is 0 Å². The predicted molar refractivity (Wildman–Crippen MR) is 118 cm³/mol. The van der Waals surface area contributed by atoms with Gasteiger partial charge < -0.3 is 14.7 Å². The van der Waals surface area contributed by atoms with Gasteiger partial charge in [-0.25, -0.2) is 0 Å². The lowest BCUT2D eigenvalue weighted by molar-refractivity contribution is 0.0906. The number of hydrogen-bond donors (Lipinski definition) is 1. The molecular formula is C25H29N3O2. The first-order valence-electron chi connectivity index (χ1n) is 11.2.